The molecule has 1 aliphatic rings. The number of nitrogens with zero attached hydrogens (tertiary/aromatic N) is 2. The van der Waals surface area contributed by atoms with Crippen LogP contribution in [0.25, 0.3) is 0 Å². The first kappa shape index (κ1) is 17.0. The van der Waals surface area contributed by atoms with Crippen LogP contribution >= 0.6 is 0 Å². The largest absolute Gasteiger partial charge is 0.382 e. The van der Waals surface area contributed by atoms with Crippen LogP contribution in [0.5, 0.6) is 0 Å². The maximum Gasteiger partial charge on any atom is 0.274 e. The Kier molecular flexibility index (Phi) is 5.63. The number of hydrogen-bond donors (Lipinski definition) is 2. The van der Waals surface area contributed by atoms with Crippen LogP contribution in [0.2, 0.25) is 0 Å². The van der Waals surface area contributed by atoms with Gasteiger partial charge >= 0.3 is 0 Å². The minimum absolute atomic E-state index is 0.255. The Hall–Kier alpha value is -2.87. The average molecular weight is 334 g/mol. The fourth-order valence-electron chi connectivity index (χ4n) is 3.13. The zero-order chi connectivity index (χ0) is 17.5. The summed E-state index contributed by atoms with van der Waals surface area (Å²) in [4.78, 5) is 16.6. The van der Waals surface area contributed by atoms with Crippen molar-refractivity contribution in [3.05, 3.63) is 53.9 Å². The highest BCUT2D eigenvalue weighted by molar-refractivity contribution is 6.03. The van der Waals surface area contributed by atoms with Crippen LogP contribution in [0.4, 0.5) is 11.4 Å². The van der Waals surface area contributed by atoms with Crippen molar-refractivity contribution in [3.8, 4) is 6.07 Å². The molecule has 1 amide bonds. The number of anilines is 2. The molecule has 3 rings (SSSR count). The Labute approximate surface area is 148 Å². The number of nitriles is 1. The first-order valence-corrected chi connectivity index (χ1v) is 8.79. The van der Waals surface area contributed by atoms with Crippen molar-refractivity contribution in [1.29, 1.82) is 5.26 Å². The molecule has 5 heteroatoms. The zero-order valence-electron chi connectivity index (χ0n) is 14.2. The van der Waals surface area contributed by atoms with E-state index in [1.54, 1.807) is 36.5 Å². The van der Waals surface area contributed by atoms with Gasteiger partial charge in [0.1, 0.15) is 5.69 Å². The van der Waals surface area contributed by atoms with Gasteiger partial charge in [-0.3, -0.25) is 9.78 Å². The maximum atomic E-state index is 12.4. The molecule has 128 valence electrons. The number of benzene rings is 1. The minimum Gasteiger partial charge on any atom is -0.382 e. The first-order chi connectivity index (χ1) is 12.2. The van der Waals surface area contributed by atoms with Gasteiger partial charge in [-0.05, 0) is 49.2 Å². The highest BCUT2D eigenvalue weighted by Crippen LogP contribution is 2.21. The molecular formula is C20H22N4O. The lowest BCUT2D eigenvalue weighted by molar-refractivity contribution is 0.102. The van der Waals surface area contributed by atoms with Crippen molar-refractivity contribution in [2.45, 2.75) is 44.6 Å². The lowest BCUT2D eigenvalue weighted by Crippen LogP contribution is -2.19. The lowest BCUT2D eigenvalue weighted by atomic mass is 10.1. The molecule has 1 saturated carbocycles. The number of amides is 1. The van der Waals surface area contributed by atoms with Gasteiger partial charge in [-0.25, -0.2) is 0 Å². The number of aromatic nitrogens is 1. The predicted molar refractivity (Wildman–Crippen MR) is 98.5 cm³/mol. The number of hydrogen-bond acceptors (Lipinski definition) is 4. The summed E-state index contributed by atoms with van der Waals surface area (Å²) in [5, 5.41) is 15.2. The van der Waals surface area contributed by atoms with E-state index in [-0.39, 0.29) is 5.91 Å². The van der Waals surface area contributed by atoms with Crippen LogP contribution in [-0.4, -0.2) is 16.9 Å². The fourth-order valence-corrected chi connectivity index (χ4v) is 3.13. The van der Waals surface area contributed by atoms with E-state index in [4.69, 9.17) is 5.26 Å². The summed E-state index contributed by atoms with van der Waals surface area (Å²) < 4.78 is 0. The molecule has 0 bridgehead atoms. The quantitative estimate of drug-likeness (QED) is 0.815. The third-order valence-electron chi connectivity index (χ3n) is 4.49. The van der Waals surface area contributed by atoms with E-state index in [1.165, 1.54) is 38.5 Å². The van der Waals surface area contributed by atoms with Gasteiger partial charge in [0.2, 0.25) is 0 Å². The molecule has 0 radical (unpaired) electrons. The summed E-state index contributed by atoms with van der Waals surface area (Å²) >= 11 is 0. The fraction of sp³-hybridized carbons (Fsp3) is 0.350. The van der Waals surface area contributed by atoms with Gasteiger partial charge in [0.05, 0.1) is 11.6 Å². The van der Waals surface area contributed by atoms with E-state index in [2.05, 4.69) is 21.7 Å². The van der Waals surface area contributed by atoms with Gasteiger partial charge in [0.15, 0.2) is 0 Å². The molecule has 1 aliphatic carbocycles. The van der Waals surface area contributed by atoms with Gasteiger partial charge in [0, 0.05) is 23.6 Å². The van der Waals surface area contributed by atoms with Gasteiger partial charge in [-0.1, -0.05) is 25.7 Å². The Morgan fingerprint density at radius 3 is 2.44 bits per heavy atom. The van der Waals surface area contributed by atoms with E-state index in [1.807, 2.05) is 6.07 Å². The average Bonchev–Trinajstić information content (AvgIpc) is 2.91. The topological polar surface area (TPSA) is 77.8 Å². The molecule has 0 saturated heterocycles. The monoisotopic (exact) mass is 334 g/mol. The summed E-state index contributed by atoms with van der Waals surface area (Å²) in [6, 6.07) is 13.0. The van der Waals surface area contributed by atoms with Crippen LogP contribution in [0.3, 0.4) is 0 Å². The van der Waals surface area contributed by atoms with E-state index < -0.39 is 0 Å². The second-order valence-electron chi connectivity index (χ2n) is 6.41. The Morgan fingerprint density at radius 2 is 1.76 bits per heavy atom. The second kappa shape index (κ2) is 8.29. The SMILES string of the molecule is N#Cc1ccc(NC(=O)c2cc(NC3CCCCCC3)ccn2)cc1. The molecule has 2 aromatic rings. The highest BCUT2D eigenvalue weighted by Gasteiger charge is 2.13. The second-order valence-corrected chi connectivity index (χ2v) is 6.41. The van der Waals surface area contributed by atoms with Crippen molar-refractivity contribution in [1.82, 2.24) is 4.98 Å². The van der Waals surface area contributed by atoms with Crippen LogP contribution in [0, 0.1) is 11.3 Å². The Morgan fingerprint density at radius 1 is 1.04 bits per heavy atom. The number of carbonyl (C=O) groups excluding carboxylic acids is 1. The van der Waals surface area contributed by atoms with E-state index in [0.29, 0.717) is 23.0 Å². The lowest BCUT2D eigenvalue weighted by Gasteiger charge is -2.17. The van der Waals surface area contributed by atoms with Crippen molar-refractivity contribution < 1.29 is 4.79 Å². The van der Waals surface area contributed by atoms with E-state index in [9.17, 15) is 4.79 Å². The molecule has 1 heterocycles. The van der Waals surface area contributed by atoms with Gasteiger partial charge in [0.25, 0.3) is 5.91 Å². The standard InChI is InChI=1S/C20H22N4O/c21-14-15-7-9-17(10-8-15)24-20(25)19-13-18(11-12-22-19)23-16-5-3-1-2-4-6-16/h7-13,16H,1-6H2,(H,22,23)(H,24,25). The van der Waals surface area contributed by atoms with Crippen LogP contribution in [0.15, 0.2) is 42.6 Å². The van der Waals surface area contributed by atoms with E-state index in [0.717, 1.165) is 5.69 Å². The maximum absolute atomic E-state index is 12.4. The number of carbonyl (C=O) groups is 1. The van der Waals surface area contributed by atoms with Gasteiger partial charge < -0.3 is 10.6 Å². The predicted octanol–water partition coefficient (Wildman–Crippen LogP) is 4.34. The molecule has 0 spiro atoms. The van der Waals surface area contributed by atoms with Gasteiger partial charge in [-0.15, -0.1) is 0 Å². The van der Waals surface area contributed by atoms with Crippen molar-refractivity contribution >= 4 is 17.3 Å². The Balaban J connectivity index is 1.65. The molecule has 1 aromatic carbocycles. The molecule has 0 aliphatic heterocycles. The first-order valence-electron chi connectivity index (χ1n) is 8.79. The van der Waals surface area contributed by atoms with Crippen LogP contribution < -0.4 is 10.6 Å². The van der Waals surface area contributed by atoms with Crippen molar-refractivity contribution in [3.63, 3.8) is 0 Å². The van der Waals surface area contributed by atoms with Gasteiger partial charge in [-0.2, -0.15) is 5.26 Å². The summed E-state index contributed by atoms with van der Waals surface area (Å²) in [6.07, 6.45) is 9.15. The molecule has 1 aromatic heterocycles. The van der Waals surface area contributed by atoms with Crippen molar-refractivity contribution in [2.75, 3.05) is 10.6 Å². The molecular weight excluding hydrogens is 312 g/mol. The molecule has 5 nitrogen and oxygen atoms in total. The minimum atomic E-state index is -0.255. The smallest absolute Gasteiger partial charge is 0.274 e. The number of nitrogens with one attached hydrogen (secondary N) is 2. The summed E-state index contributed by atoms with van der Waals surface area (Å²) in [7, 11) is 0. The molecule has 25 heavy (non-hydrogen) atoms. The summed E-state index contributed by atoms with van der Waals surface area (Å²) in [5.74, 6) is -0.255. The zero-order valence-corrected chi connectivity index (χ0v) is 14.2. The highest BCUT2D eigenvalue weighted by atomic mass is 16.1. The number of pyridine rings is 1. The molecule has 2 N–H and O–H groups in total. The number of rotatable bonds is 4. The summed E-state index contributed by atoms with van der Waals surface area (Å²) in [5.41, 5.74) is 2.52. The normalized spacial score (nSPS) is 15.0. The molecule has 0 atom stereocenters. The Bertz CT molecular complexity index is 756. The van der Waals surface area contributed by atoms with E-state index >= 15 is 0 Å². The van der Waals surface area contributed by atoms with Crippen molar-refractivity contribution in [2.24, 2.45) is 0 Å². The summed E-state index contributed by atoms with van der Waals surface area (Å²) in [6.45, 7) is 0. The van der Waals surface area contributed by atoms with Crippen LogP contribution in [0.1, 0.15) is 54.6 Å². The van der Waals surface area contributed by atoms with Crippen LogP contribution in [-0.2, 0) is 0 Å². The molecule has 1 fully saturated rings. The third kappa shape index (κ3) is 4.80. The molecule has 0 unspecified atom stereocenters. The third-order valence-corrected chi connectivity index (χ3v) is 4.49.